The van der Waals surface area contributed by atoms with E-state index >= 15 is 0 Å². The van der Waals surface area contributed by atoms with Crippen molar-refractivity contribution in [3.63, 3.8) is 0 Å². The molecule has 1 heterocycles. The second kappa shape index (κ2) is 8.03. The highest BCUT2D eigenvalue weighted by atomic mass is 16.6. The van der Waals surface area contributed by atoms with Gasteiger partial charge in [-0.1, -0.05) is 0 Å². The number of carbonyl (C=O) groups excluding carboxylic acids is 5. The van der Waals surface area contributed by atoms with Crippen LogP contribution in [-0.2, 0) is 4.74 Å². The van der Waals surface area contributed by atoms with Gasteiger partial charge in [-0.05, 0) is 66.7 Å². The van der Waals surface area contributed by atoms with Crippen molar-refractivity contribution >= 4 is 30.2 Å². The van der Waals surface area contributed by atoms with Crippen molar-refractivity contribution in [1.29, 1.82) is 0 Å². The molecule has 4 rings (SSSR count). The summed E-state index contributed by atoms with van der Waals surface area (Å²) in [6, 6.07) is 15.6. The van der Waals surface area contributed by atoms with Crippen LogP contribution in [0.1, 0.15) is 51.8 Å². The van der Waals surface area contributed by atoms with Crippen molar-refractivity contribution in [1.82, 2.24) is 0 Å². The van der Waals surface area contributed by atoms with E-state index in [1.54, 1.807) is 0 Å². The zero-order valence-electron chi connectivity index (χ0n) is 15.7. The molecule has 1 aliphatic heterocycles. The molecule has 0 bridgehead atoms. The van der Waals surface area contributed by atoms with Gasteiger partial charge in [-0.3, -0.25) is 4.79 Å². The SMILES string of the molecule is O=Cc1ccc(OC(=O)c2ccc(OC(=O)c3ccc4c(c3)C(=O)OC4=O)cc2)cc1. The molecule has 0 atom stereocenters. The molecule has 0 unspecified atom stereocenters. The number of rotatable bonds is 5. The Kier molecular flexibility index (Phi) is 5.11. The van der Waals surface area contributed by atoms with Gasteiger partial charge in [-0.15, -0.1) is 0 Å². The van der Waals surface area contributed by atoms with Gasteiger partial charge in [0.2, 0.25) is 0 Å². The quantitative estimate of drug-likeness (QED) is 0.270. The first kappa shape index (κ1) is 19.7. The highest BCUT2D eigenvalue weighted by Gasteiger charge is 2.30. The Labute approximate surface area is 175 Å². The smallest absolute Gasteiger partial charge is 0.346 e. The first-order valence-corrected chi connectivity index (χ1v) is 8.95. The Morgan fingerprint density at radius 2 is 1.19 bits per heavy atom. The van der Waals surface area contributed by atoms with E-state index in [4.69, 9.17) is 9.47 Å². The van der Waals surface area contributed by atoms with E-state index in [1.165, 1.54) is 66.7 Å². The standard InChI is InChI=1S/C23H12O8/c24-12-13-1-6-16(7-2-13)29-20(25)14-3-8-17(9-4-14)30-21(26)15-5-10-18-19(11-15)23(28)31-22(18)27/h1-12H. The van der Waals surface area contributed by atoms with E-state index in [0.717, 1.165) is 0 Å². The lowest BCUT2D eigenvalue weighted by molar-refractivity contribution is 0.0442. The predicted octanol–water partition coefficient (Wildman–Crippen LogP) is 3.25. The molecular weight excluding hydrogens is 404 g/mol. The van der Waals surface area contributed by atoms with E-state index < -0.39 is 23.9 Å². The molecule has 1 aliphatic rings. The van der Waals surface area contributed by atoms with Gasteiger partial charge < -0.3 is 14.2 Å². The average molecular weight is 416 g/mol. The molecule has 0 fully saturated rings. The second-order valence-electron chi connectivity index (χ2n) is 6.43. The number of hydrogen-bond acceptors (Lipinski definition) is 8. The van der Waals surface area contributed by atoms with Gasteiger partial charge in [-0.2, -0.15) is 0 Å². The zero-order chi connectivity index (χ0) is 22.0. The minimum Gasteiger partial charge on any atom is -0.423 e. The van der Waals surface area contributed by atoms with Gasteiger partial charge in [0, 0.05) is 5.56 Å². The van der Waals surface area contributed by atoms with Gasteiger partial charge in [0.25, 0.3) is 0 Å². The van der Waals surface area contributed by atoms with Gasteiger partial charge in [0.15, 0.2) is 0 Å². The Balaban J connectivity index is 1.42. The van der Waals surface area contributed by atoms with Gasteiger partial charge in [0.05, 0.1) is 22.3 Å². The molecular formula is C23H12O8. The van der Waals surface area contributed by atoms with Crippen LogP contribution in [0.5, 0.6) is 11.5 Å². The van der Waals surface area contributed by atoms with Crippen LogP contribution in [-0.4, -0.2) is 30.2 Å². The molecule has 31 heavy (non-hydrogen) atoms. The molecule has 0 saturated carbocycles. The van der Waals surface area contributed by atoms with E-state index in [-0.39, 0.29) is 33.8 Å². The first-order chi connectivity index (χ1) is 14.9. The van der Waals surface area contributed by atoms with Crippen molar-refractivity contribution in [2.75, 3.05) is 0 Å². The summed E-state index contributed by atoms with van der Waals surface area (Å²) in [7, 11) is 0. The predicted molar refractivity (Wildman–Crippen MR) is 104 cm³/mol. The van der Waals surface area contributed by atoms with Crippen LogP contribution in [0.15, 0.2) is 66.7 Å². The summed E-state index contributed by atoms with van der Waals surface area (Å²) < 4.78 is 14.9. The van der Waals surface area contributed by atoms with Crippen LogP contribution >= 0.6 is 0 Å². The number of ether oxygens (including phenoxy) is 3. The average Bonchev–Trinajstić information content (AvgIpc) is 3.07. The molecule has 0 amide bonds. The largest absolute Gasteiger partial charge is 0.423 e. The molecule has 0 saturated heterocycles. The molecule has 152 valence electrons. The summed E-state index contributed by atoms with van der Waals surface area (Å²) in [4.78, 5) is 58.3. The van der Waals surface area contributed by atoms with Crippen LogP contribution < -0.4 is 9.47 Å². The Bertz CT molecular complexity index is 1220. The van der Waals surface area contributed by atoms with Gasteiger partial charge >= 0.3 is 23.9 Å². The van der Waals surface area contributed by atoms with Crippen molar-refractivity contribution in [3.05, 3.63) is 94.5 Å². The van der Waals surface area contributed by atoms with Crippen LogP contribution in [0, 0.1) is 0 Å². The molecule has 0 aliphatic carbocycles. The summed E-state index contributed by atoms with van der Waals surface area (Å²) in [5.74, 6) is -2.52. The van der Waals surface area contributed by atoms with E-state index in [0.29, 0.717) is 11.8 Å². The van der Waals surface area contributed by atoms with Crippen LogP contribution in [0.25, 0.3) is 0 Å². The second-order valence-corrected chi connectivity index (χ2v) is 6.43. The number of fused-ring (bicyclic) bond motifs is 1. The van der Waals surface area contributed by atoms with Crippen LogP contribution in [0.4, 0.5) is 0 Å². The summed E-state index contributed by atoms with van der Waals surface area (Å²) in [6.45, 7) is 0. The van der Waals surface area contributed by atoms with Gasteiger partial charge in [0.1, 0.15) is 17.8 Å². The molecule has 3 aromatic rings. The van der Waals surface area contributed by atoms with Crippen molar-refractivity contribution in [2.24, 2.45) is 0 Å². The number of carbonyl (C=O) groups is 5. The number of hydrogen-bond donors (Lipinski definition) is 0. The highest BCUT2D eigenvalue weighted by molar-refractivity contribution is 6.15. The lowest BCUT2D eigenvalue weighted by Crippen LogP contribution is -2.11. The first-order valence-electron chi connectivity index (χ1n) is 8.95. The normalized spacial score (nSPS) is 12.0. The third kappa shape index (κ3) is 4.08. The van der Waals surface area contributed by atoms with E-state index in [1.807, 2.05) is 0 Å². The Morgan fingerprint density at radius 3 is 1.81 bits per heavy atom. The summed E-state index contributed by atoms with van der Waals surface area (Å²) in [5, 5.41) is 0. The number of aldehydes is 1. The molecule has 3 aromatic carbocycles. The van der Waals surface area contributed by atoms with Gasteiger partial charge in [-0.25, -0.2) is 19.2 Å². The maximum Gasteiger partial charge on any atom is 0.346 e. The lowest BCUT2D eigenvalue weighted by Gasteiger charge is -2.07. The maximum absolute atomic E-state index is 12.3. The third-order valence-corrected chi connectivity index (χ3v) is 4.41. The number of benzene rings is 3. The fraction of sp³-hybridized carbons (Fsp3) is 0. The molecule has 8 nitrogen and oxygen atoms in total. The number of cyclic esters (lactones) is 2. The summed E-state index contributed by atoms with van der Waals surface area (Å²) in [6.07, 6.45) is 0.680. The molecule has 0 N–H and O–H groups in total. The minimum absolute atomic E-state index is 0.00119. The van der Waals surface area contributed by atoms with E-state index in [2.05, 4.69) is 4.74 Å². The zero-order valence-corrected chi connectivity index (χ0v) is 15.7. The lowest BCUT2D eigenvalue weighted by atomic mass is 10.1. The maximum atomic E-state index is 12.3. The summed E-state index contributed by atoms with van der Waals surface area (Å²) >= 11 is 0. The minimum atomic E-state index is -0.821. The fourth-order valence-corrected chi connectivity index (χ4v) is 2.82. The Morgan fingerprint density at radius 1 is 0.677 bits per heavy atom. The monoisotopic (exact) mass is 416 g/mol. The fourth-order valence-electron chi connectivity index (χ4n) is 2.82. The van der Waals surface area contributed by atoms with Crippen LogP contribution in [0.3, 0.4) is 0 Å². The van der Waals surface area contributed by atoms with E-state index in [9.17, 15) is 24.0 Å². The third-order valence-electron chi connectivity index (χ3n) is 4.41. The summed E-state index contributed by atoms with van der Waals surface area (Å²) in [5.41, 5.74) is 0.826. The van der Waals surface area contributed by atoms with Crippen molar-refractivity contribution in [3.8, 4) is 11.5 Å². The van der Waals surface area contributed by atoms with Crippen molar-refractivity contribution in [2.45, 2.75) is 0 Å². The molecule has 8 heteroatoms. The topological polar surface area (TPSA) is 113 Å². The van der Waals surface area contributed by atoms with Crippen molar-refractivity contribution < 1.29 is 38.2 Å². The highest BCUT2D eigenvalue weighted by Crippen LogP contribution is 2.23. The number of esters is 4. The van der Waals surface area contributed by atoms with Crippen LogP contribution in [0.2, 0.25) is 0 Å². The molecule has 0 aromatic heterocycles. The Hall–Kier alpha value is -4.59. The molecule has 0 radical (unpaired) electrons. The molecule has 0 spiro atoms.